The zero-order valence-corrected chi connectivity index (χ0v) is 14.0. The Hall–Kier alpha value is -1.65. The van der Waals surface area contributed by atoms with Gasteiger partial charge in [-0.3, -0.25) is 4.79 Å². The molecule has 1 aliphatic rings. The van der Waals surface area contributed by atoms with Crippen molar-refractivity contribution < 1.29 is 9.90 Å². The van der Waals surface area contributed by atoms with Gasteiger partial charge >= 0.3 is 0 Å². The molecule has 124 valence electrons. The fourth-order valence-corrected chi connectivity index (χ4v) is 4.04. The molecular weight excluding hydrogens is 288 g/mol. The van der Waals surface area contributed by atoms with Gasteiger partial charge in [0.05, 0.1) is 6.10 Å². The van der Waals surface area contributed by atoms with Gasteiger partial charge in [0.25, 0.3) is 0 Å². The van der Waals surface area contributed by atoms with Crippen molar-refractivity contribution in [2.45, 2.75) is 32.9 Å². The predicted molar refractivity (Wildman–Crippen MR) is 92.7 cm³/mol. The van der Waals surface area contributed by atoms with E-state index in [1.54, 1.807) is 0 Å². The fourth-order valence-electron chi connectivity index (χ4n) is 4.04. The number of nitrogens with zero attached hydrogens (tertiary/aromatic N) is 2. The van der Waals surface area contributed by atoms with Crippen molar-refractivity contribution in [3.8, 4) is 0 Å². The fraction of sp³-hybridized carbons (Fsp3) is 0.526. The number of fused-ring (bicyclic) bond motifs is 1. The molecule has 0 spiro atoms. The van der Waals surface area contributed by atoms with Crippen molar-refractivity contribution >= 4 is 17.2 Å². The molecule has 1 saturated heterocycles. The molecule has 1 N–H and O–H groups in total. The summed E-state index contributed by atoms with van der Waals surface area (Å²) >= 11 is 0. The summed E-state index contributed by atoms with van der Waals surface area (Å²) in [5, 5.41) is 11.5. The second kappa shape index (κ2) is 6.85. The molecular formula is C19H26N2O2. The molecule has 2 heterocycles. The van der Waals surface area contributed by atoms with E-state index in [4.69, 9.17) is 0 Å². The summed E-state index contributed by atoms with van der Waals surface area (Å²) in [4.78, 5) is 13.6. The number of piperidine rings is 1. The average Bonchev–Trinajstić information content (AvgIpc) is 2.84. The lowest BCUT2D eigenvalue weighted by atomic mass is 9.92. The van der Waals surface area contributed by atoms with Gasteiger partial charge in [0.1, 0.15) is 0 Å². The van der Waals surface area contributed by atoms with Crippen molar-refractivity contribution in [1.29, 1.82) is 0 Å². The summed E-state index contributed by atoms with van der Waals surface area (Å²) in [5.41, 5.74) is 1.70. The maximum atomic E-state index is 11.2. The third kappa shape index (κ3) is 3.65. The minimum atomic E-state index is -0.428. The first-order chi connectivity index (χ1) is 11.1. The van der Waals surface area contributed by atoms with Gasteiger partial charge in [-0.05, 0) is 24.3 Å². The molecule has 1 aromatic carbocycles. The third-order valence-electron chi connectivity index (χ3n) is 4.77. The van der Waals surface area contributed by atoms with Crippen molar-refractivity contribution in [3.05, 3.63) is 36.0 Å². The molecule has 1 aliphatic heterocycles. The van der Waals surface area contributed by atoms with Crippen LogP contribution in [0.5, 0.6) is 0 Å². The van der Waals surface area contributed by atoms with Gasteiger partial charge in [0.15, 0.2) is 6.29 Å². The Morgan fingerprint density at radius 2 is 1.91 bits per heavy atom. The van der Waals surface area contributed by atoms with Gasteiger partial charge in [-0.15, -0.1) is 0 Å². The molecule has 4 heteroatoms. The predicted octanol–water partition coefficient (Wildman–Crippen LogP) is 2.79. The number of aliphatic hydroxyl groups is 1. The van der Waals surface area contributed by atoms with Crippen LogP contribution < -0.4 is 0 Å². The van der Waals surface area contributed by atoms with E-state index < -0.39 is 6.10 Å². The average molecular weight is 314 g/mol. The first-order valence-electron chi connectivity index (χ1n) is 8.50. The van der Waals surface area contributed by atoms with Crippen LogP contribution >= 0.6 is 0 Å². The Bertz CT molecular complexity index is 669. The number of aromatic nitrogens is 1. The highest BCUT2D eigenvalue weighted by atomic mass is 16.3. The third-order valence-corrected chi connectivity index (χ3v) is 4.77. The van der Waals surface area contributed by atoms with Gasteiger partial charge in [-0.2, -0.15) is 0 Å². The Kier molecular flexibility index (Phi) is 4.83. The molecule has 0 saturated carbocycles. The molecule has 0 radical (unpaired) electrons. The van der Waals surface area contributed by atoms with Gasteiger partial charge < -0.3 is 14.6 Å². The number of hydrogen-bond donors (Lipinski definition) is 1. The van der Waals surface area contributed by atoms with E-state index >= 15 is 0 Å². The number of benzene rings is 1. The van der Waals surface area contributed by atoms with Crippen LogP contribution in [0, 0.1) is 11.8 Å². The van der Waals surface area contributed by atoms with E-state index in [0.29, 0.717) is 30.5 Å². The SMILES string of the molecule is C[C@H]1C[C@H](C)CN(C[C@@H](O)Cn2cc(C=O)c3ccccc32)C1. The Balaban J connectivity index is 1.70. The maximum absolute atomic E-state index is 11.2. The van der Waals surface area contributed by atoms with E-state index in [9.17, 15) is 9.90 Å². The van der Waals surface area contributed by atoms with Crippen LogP contribution in [0.4, 0.5) is 0 Å². The number of aldehydes is 1. The van der Waals surface area contributed by atoms with E-state index in [0.717, 1.165) is 30.3 Å². The smallest absolute Gasteiger partial charge is 0.152 e. The van der Waals surface area contributed by atoms with E-state index in [1.807, 2.05) is 35.0 Å². The summed E-state index contributed by atoms with van der Waals surface area (Å²) in [6, 6.07) is 7.86. The molecule has 2 aromatic rings. The lowest BCUT2D eigenvalue weighted by molar-refractivity contribution is 0.0620. The van der Waals surface area contributed by atoms with E-state index in [-0.39, 0.29) is 0 Å². The highest BCUT2D eigenvalue weighted by molar-refractivity contribution is 5.97. The van der Waals surface area contributed by atoms with Crippen molar-refractivity contribution in [2.24, 2.45) is 11.8 Å². The Morgan fingerprint density at radius 1 is 1.22 bits per heavy atom. The molecule has 4 nitrogen and oxygen atoms in total. The summed E-state index contributed by atoms with van der Waals surface area (Å²) in [7, 11) is 0. The van der Waals surface area contributed by atoms with Crippen LogP contribution in [0.3, 0.4) is 0 Å². The number of hydrogen-bond acceptors (Lipinski definition) is 3. The summed E-state index contributed by atoms with van der Waals surface area (Å²) < 4.78 is 2.00. The summed E-state index contributed by atoms with van der Waals surface area (Å²) in [6.07, 6.45) is 3.59. The molecule has 0 aliphatic carbocycles. The van der Waals surface area contributed by atoms with Gasteiger partial charge in [-0.25, -0.2) is 0 Å². The second-order valence-electron chi connectivity index (χ2n) is 7.19. The van der Waals surface area contributed by atoms with Crippen molar-refractivity contribution in [1.82, 2.24) is 9.47 Å². The number of aliphatic hydroxyl groups excluding tert-OH is 1. The van der Waals surface area contributed by atoms with Crippen LogP contribution in [0.2, 0.25) is 0 Å². The van der Waals surface area contributed by atoms with Gasteiger partial charge in [-0.1, -0.05) is 32.0 Å². The quantitative estimate of drug-likeness (QED) is 0.863. The zero-order valence-electron chi connectivity index (χ0n) is 14.0. The zero-order chi connectivity index (χ0) is 16.4. The number of carbonyl (C=O) groups is 1. The largest absolute Gasteiger partial charge is 0.390 e. The van der Waals surface area contributed by atoms with Gasteiger partial charge in [0.2, 0.25) is 0 Å². The molecule has 1 aromatic heterocycles. The maximum Gasteiger partial charge on any atom is 0.152 e. The number of rotatable bonds is 5. The first-order valence-corrected chi connectivity index (χ1v) is 8.50. The highest BCUT2D eigenvalue weighted by Gasteiger charge is 2.23. The number of β-amino-alcohol motifs (C(OH)–C–C–N with tert-alkyl or cyclic N) is 1. The van der Waals surface area contributed by atoms with Crippen LogP contribution in [0.15, 0.2) is 30.5 Å². The lowest BCUT2D eigenvalue weighted by Gasteiger charge is -2.36. The van der Waals surface area contributed by atoms with Crippen LogP contribution in [0.1, 0.15) is 30.6 Å². The Morgan fingerprint density at radius 3 is 2.61 bits per heavy atom. The Labute approximate surface area is 137 Å². The number of carbonyl (C=O) groups excluding carboxylic acids is 1. The monoisotopic (exact) mass is 314 g/mol. The topological polar surface area (TPSA) is 45.5 Å². The number of para-hydroxylation sites is 1. The van der Waals surface area contributed by atoms with Crippen LogP contribution in [-0.2, 0) is 6.54 Å². The minimum Gasteiger partial charge on any atom is -0.390 e. The lowest BCUT2D eigenvalue weighted by Crippen LogP contribution is -2.43. The normalized spacial score (nSPS) is 24.0. The van der Waals surface area contributed by atoms with Gasteiger partial charge in [0, 0.05) is 48.8 Å². The van der Waals surface area contributed by atoms with Crippen molar-refractivity contribution in [2.75, 3.05) is 19.6 Å². The minimum absolute atomic E-state index is 0.428. The molecule has 0 amide bonds. The standard InChI is InChI=1S/C19H26N2O2/c1-14-7-15(2)9-20(8-14)11-17(23)12-21-10-16(13-22)18-5-3-4-6-19(18)21/h3-6,10,13-15,17,23H,7-9,11-12H2,1-2H3/t14-,15-,17+/m0/s1. The second-order valence-corrected chi connectivity index (χ2v) is 7.19. The number of likely N-dealkylation sites (tertiary alicyclic amines) is 1. The van der Waals surface area contributed by atoms with Crippen molar-refractivity contribution in [3.63, 3.8) is 0 Å². The summed E-state index contributed by atoms with van der Waals surface area (Å²) in [6.45, 7) is 7.90. The molecule has 3 atom stereocenters. The molecule has 1 fully saturated rings. The van der Waals surface area contributed by atoms with E-state index in [2.05, 4.69) is 18.7 Å². The van der Waals surface area contributed by atoms with E-state index in [1.165, 1.54) is 6.42 Å². The molecule has 23 heavy (non-hydrogen) atoms. The van der Waals surface area contributed by atoms with Crippen LogP contribution in [-0.4, -0.2) is 46.6 Å². The molecule has 3 rings (SSSR count). The summed E-state index contributed by atoms with van der Waals surface area (Å²) in [5.74, 6) is 1.39. The van der Waals surface area contributed by atoms with Crippen LogP contribution in [0.25, 0.3) is 10.9 Å². The first kappa shape index (κ1) is 16.2. The molecule has 0 bridgehead atoms. The molecule has 0 unspecified atom stereocenters. The highest BCUT2D eigenvalue weighted by Crippen LogP contribution is 2.22.